The van der Waals surface area contributed by atoms with E-state index in [0.29, 0.717) is 39.3 Å². The lowest BCUT2D eigenvalue weighted by Gasteiger charge is -2.12. The van der Waals surface area contributed by atoms with Gasteiger partial charge >= 0.3 is 0 Å². The number of ketones is 2. The summed E-state index contributed by atoms with van der Waals surface area (Å²) < 4.78 is 5.63. The molecule has 0 radical (unpaired) electrons. The van der Waals surface area contributed by atoms with Crippen LogP contribution in [0.5, 0.6) is 11.5 Å². The third kappa shape index (κ3) is 3.03. The van der Waals surface area contributed by atoms with Crippen LogP contribution in [0.15, 0.2) is 97.1 Å². The van der Waals surface area contributed by atoms with Gasteiger partial charge < -0.3 is 4.74 Å². The van der Waals surface area contributed by atoms with Crippen LogP contribution in [0.25, 0.3) is 11.1 Å². The zero-order valence-electron chi connectivity index (χ0n) is 15.5. The monoisotopic (exact) mass is 376 g/mol. The van der Waals surface area contributed by atoms with Gasteiger partial charge in [0, 0.05) is 16.7 Å². The molecule has 0 saturated heterocycles. The fourth-order valence-electron chi connectivity index (χ4n) is 3.57. The van der Waals surface area contributed by atoms with Crippen LogP contribution >= 0.6 is 0 Å². The molecule has 1 aliphatic heterocycles. The van der Waals surface area contributed by atoms with Crippen LogP contribution in [0.4, 0.5) is 0 Å². The van der Waals surface area contributed by atoms with Gasteiger partial charge in [0.1, 0.15) is 0 Å². The molecule has 0 saturated carbocycles. The Labute approximate surface area is 168 Å². The molecule has 3 heteroatoms. The van der Waals surface area contributed by atoms with Crippen molar-refractivity contribution < 1.29 is 14.3 Å². The molecule has 0 bridgehead atoms. The third-order valence-corrected chi connectivity index (χ3v) is 5.03. The lowest BCUT2D eigenvalue weighted by molar-refractivity contribution is 0.100. The van der Waals surface area contributed by atoms with Crippen LogP contribution in [-0.2, 0) is 0 Å². The summed E-state index contributed by atoms with van der Waals surface area (Å²) in [5, 5.41) is 0. The minimum absolute atomic E-state index is 0.193. The summed E-state index contributed by atoms with van der Waals surface area (Å²) in [6.45, 7) is 0. The van der Waals surface area contributed by atoms with E-state index in [1.165, 1.54) is 0 Å². The summed E-state index contributed by atoms with van der Waals surface area (Å²) in [6, 6.07) is 29.5. The van der Waals surface area contributed by atoms with E-state index in [9.17, 15) is 9.59 Å². The van der Waals surface area contributed by atoms with Gasteiger partial charge in [0.25, 0.3) is 0 Å². The van der Waals surface area contributed by atoms with E-state index < -0.39 is 0 Å². The maximum atomic E-state index is 13.6. The van der Waals surface area contributed by atoms with Gasteiger partial charge in [0.05, 0.1) is 5.56 Å². The van der Waals surface area contributed by atoms with Crippen molar-refractivity contribution in [2.75, 3.05) is 0 Å². The Hall–Kier alpha value is -3.98. The maximum Gasteiger partial charge on any atom is 0.197 e. The highest BCUT2D eigenvalue weighted by molar-refractivity contribution is 6.24. The molecule has 0 unspecified atom stereocenters. The number of ether oxygens (including phenoxy) is 1. The molecule has 1 aliphatic rings. The van der Waals surface area contributed by atoms with Crippen molar-refractivity contribution >= 4 is 11.6 Å². The molecule has 3 nitrogen and oxygen atoms in total. The van der Waals surface area contributed by atoms with Gasteiger partial charge in [-0.05, 0) is 17.2 Å². The number of benzene rings is 4. The van der Waals surface area contributed by atoms with E-state index in [2.05, 4.69) is 0 Å². The Morgan fingerprint density at radius 3 is 1.62 bits per heavy atom. The van der Waals surface area contributed by atoms with E-state index in [0.717, 1.165) is 5.56 Å². The van der Waals surface area contributed by atoms with Gasteiger partial charge in [0.15, 0.2) is 23.1 Å². The SMILES string of the molecule is O=C(c1ccccc1)c1c(-c2ccccc2)cc2c(c1C(=O)c1ccccc1)O2. The summed E-state index contributed by atoms with van der Waals surface area (Å²) in [5.41, 5.74) is 3.35. The zero-order chi connectivity index (χ0) is 19.8. The summed E-state index contributed by atoms with van der Waals surface area (Å²) >= 11 is 0. The van der Waals surface area contributed by atoms with Gasteiger partial charge in [-0.15, -0.1) is 0 Å². The molecule has 4 aromatic rings. The minimum atomic E-state index is -0.212. The van der Waals surface area contributed by atoms with Crippen LogP contribution in [0, 0.1) is 0 Å². The molecule has 5 rings (SSSR count). The average molecular weight is 376 g/mol. The number of fused-ring (bicyclic) bond motifs is 1. The zero-order valence-corrected chi connectivity index (χ0v) is 15.5. The van der Waals surface area contributed by atoms with Crippen molar-refractivity contribution in [2.45, 2.75) is 0 Å². The standard InChI is InChI=1S/C26H16O3/c27-24(18-12-6-2-7-13-18)22-20(17-10-4-1-5-11-17)16-21-26(29-21)23(22)25(28)19-14-8-3-9-15-19/h1-16H. The van der Waals surface area contributed by atoms with E-state index in [4.69, 9.17) is 4.74 Å². The van der Waals surface area contributed by atoms with Crippen LogP contribution in [0.3, 0.4) is 0 Å². The molecule has 0 N–H and O–H groups in total. The molecule has 138 valence electrons. The Balaban J connectivity index is 1.77. The Morgan fingerprint density at radius 1 is 0.586 bits per heavy atom. The molecule has 0 spiro atoms. The first-order chi connectivity index (χ1) is 14.2. The van der Waals surface area contributed by atoms with Gasteiger partial charge in [0.2, 0.25) is 0 Å². The average Bonchev–Trinajstić information content (AvgIpc) is 3.58. The van der Waals surface area contributed by atoms with Crippen LogP contribution in [0.2, 0.25) is 0 Å². The first-order valence-corrected chi connectivity index (χ1v) is 9.38. The minimum Gasteiger partial charge on any atom is -0.449 e. The molecular weight excluding hydrogens is 360 g/mol. The Kier molecular flexibility index (Phi) is 4.07. The van der Waals surface area contributed by atoms with Crippen molar-refractivity contribution in [2.24, 2.45) is 0 Å². The fourth-order valence-corrected chi connectivity index (χ4v) is 3.57. The normalized spacial score (nSPS) is 11.3. The lowest BCUT2D eigenvalue weighted by Crippen LogP contribution is -2.12. The van der Waals surface area contributed by atoms with Crippen molar-refractivity contribution in [3.63, 3.8) is 0 Å². The second kappa shape index (κ2) is 6.88. The summed E-state index contributed by atoms with van der Waals surface area (Å²) in [4.78, 5) is 27.0. The molecule has 0 fully saturated rings. The summed E-state index contributed by atoms with van der Waals surface area (Å²) in [5.74, 6) is 0.740. The van der Waals surface area contributed by atoms with Crippen LogP contribution < -0.4 is 4.74 Å². The van der Waals surface area contributed by atoms with Gasteiger partial charge in [-0.25, -0.2) is 0 Å². The van der Waals surface area contributed by atoms with E-state index >= 15 is 0 Å². The first-order valence-electron chi connectivity index (χ1n) is 9.38. The second-order valence-electron chi connectivity index (χ2n) is 6.86. The van der Waals surface area contributed by atoms with E-state index in [1.807, 2.05) is 72.8 Å². The maximum absolute atomic E-state index is 13.6. The highest BCUT2D eigenvalue weighted by Gasteiger charge is 2.36. The van der Waals surface area contributed by atoms with Crippen molar-refractivity contribution in [1.82, 2.24) is 0 Å². The molecule has 0 aromatic heterocycles. The molecule has 4 aromatic carbocycles. The van der Waals surface area contributed by atoms with Crippen LogP contribution in [-0.4, -0.2) is 11.6 Å². The predicted octanol–water partition coefficient (Wildman–Crippen LogP) is 5.92. The van der Waals surface area contributed by atoms with E-state index in [1.54, 1.807) is 24.3 Å². The van der Waals surface area contributed by atoms with E-state index in [-0.39, 0.29) is 11.6 Å². The third-order valence-electron chi connectivity index (χ3n) is 5.03. The number of hydrogen-bond acceptors (Lipinski definition) is 3. The molecular formula is C26H16O3. The summed E-state index contributed by atoms with van der Waals surface area (Å²) in [7, 11) is 0. The molecule has 29 heavy (non-hydrogen) atoms. The molecule has 0 amide bonds. The lowest BCUT2D eigenvalue weighted by atomic mass is 9.87. The smallest absolute Gasteiger partial charge is 0.197 e. The highest BCUT2D eigenvalue weighted by Crippen LogP contribution is 2.53. The summed E-state index contributed by atoms with van der Waals surface area (Å²) in [6.07, 6.45) is 0. The predicted molar refractivity (Wildman–Crippen MR) is 112 cm³/mol. The number of rotatable bonds is 5. The number of hydrogen-bond donors (Lipinski definition) is 0. The van der Waals surface area contributed by atoms with Gasteiger partial charge in [-0.3, -0.25) is 9.59 Å². The number of carbonyl (C=O) groups excluding carboxylic acids is 2. The Morgan fingerprint density at radius 2 is 1.07 bits per heavy atom. The first kappa shape index (κ1) is 17.1. The fraction of sp³-hybridized carbons (Fsp3) is 0. The van der Waals surface area contributed by atoms with Crippen molar-refractivity contribution in [3.8, 4) is 22.6 Å². The molecule has 0 atom stereocenters. The van der Waals surface area contributed by atoms with Gasteiger partial charge in [-0.2, -0.15) is 0 Å². The number of carbonyl (C=O) groups is 2. The highest BCUT2D eigenvalue weighted by atomic mass is 16.6. The van der Waals surface area contributed by atoms with Crippen LogP contribution in [0.1, 0.15) is 31.8 Å². The quantitative estimate of drug-likeness (QED) is 0.282. The largest absolute Gasteiger partial charge is 0.449 e. The van der Waals surface area contributed by atoms with Crippen molar-refractivity contribution in [1.29, 1.82) is 0 Å². The molecule has 0 aliphatic carbocycles. The topological polar surface area (TPSA) is 46.7 Å². The second-order valence-corrected chi connectivity index (χ2v) is 6.86. The Bertz CT molecular complexity index is 1230. The van der Waals surface area contributed by atoms with Gasteiger partial charge in [-0.1, -0.05) is 91.0 Å². The van der Waals surface area contributed by atoms with Crippen molar-refractivity contribution in [3.05, 3.63) is 119 Å². The molecule has 1 heterocycles.